The molecule has 2 N–H and O–H groups in total. The molecule has 0 aliphatic carbocycles. The fourth-order valence-corrected chi connectivity index (χ4v) is 2.54. The lowest BCUT2D eigenvalue weighted by molar-refractivity contribution is 0.481. The van der Waals surface area contributed by atoms with E-state index in [1.165, 1.54) is 19.3 Å². The van der Waals surface area contributed by atoms with Crippen LogP contribution in [0.5, 0.6) is 0 Å². The molecule has 2 rings (SSSR count). The Morgan fingerprint density at radius 2 is 2.05 bits per heavy atom. The van der Waals surface area contributed by atoms with Crippen molar-refractivity contribution >= 4 is 29.9 Å². The van der Waals surface area contributed by atoms with E-state index in [9.17, 15) is 0 Å². The van der Waals surface area contributed by atoms with Crippen molar-refractivity contribution in [2.45, 2.75) is 52.6 Å². The van der Waals surface area contributed by atoms with Crippen molar-refractivity contribution in [3.8, 4) is 0 Å². The first kappa shape index (κ1) is 18.2. The summed E-state index contributed by atoms with van der Waals surface area (Å²) in [5.41, 5.74) is 0. The van der Waals surface area contributed by atoms with Crippen molar-refractivity contribution in [2.75, 3.05) is 13.6 Å². The van der Waals surface area contributed by atoms with Gasteiger partial charge in [-0.05, 0) is 12.3 Å². The number of hydrogen-bond acceptors (Lipinski definition) is 3. The number of halogens is 1. The van der Waals surface area contributed by atoms with Gasteiger partial charge in [0.2, 0.25) is 0 Å². The van der Waals surface area contributed by atoms with Gasteiger partial charge < -0.3 is 15.2 Å². The number of hydrogen-bond donors (Lipinski definition) is 2. The molecule has 120 valence electrons. The Kier molecular flexibility index (Phi) is 7.98. The highest BCUT2D eigenvalue weighted by molar-refractivity contribution is 14.0. The summed E-state index contributed by atoms with van der Waals surface area (Å²) in [7, 11) is 1.80. The van der Waals surface area contributed by atoms with Gasteiger partial charge in [-0.25, -0.2) is 0 Å². The van der Waals surface area contributed by atoms with Crippen LogP contribution in [0.3, 0.4) is 0 Å². The van der Waals surface area contributed by atoms with Crippen molar-refractivity contribution in [1.29, 1.82) is 0 Å². The maximum atomic E-state index is 4.26. The highest BCUT2D eigenvalue weighted by Gasteiger charge is 2.17. The van der Waals surface area contributed by atoms with Crippen molar-refractivity contribution in [3.05, 3.63) is 11.6 Å². The Morgan fingerprint density at radius 3 is 2.71 bits per heavy atom. The summed E-state index contributed by atoms with van der Waals surface area (Å²) in [6.07, 6.45) is 4.62. The molecule has 0 aromatic carbocycles. The van der Waals surface area contributed by atoms with Crippen molar-refractivity contribution in [3.63, 3.8) is 0 Å². The quantitative estimate of drug-likeness (QED) is 0.431. The van der Waals surface area contributed by atoms with Crippen molar-refractivity contribution < 1.29 is 0 Å². The molecule has 0 fully saturated rings. The molecule has 0 unspecified atom stereocenters. The van der Waals surface area contributed by atoms with Gasteiger partial charge in [0.15, 0.2) is 11.8 Å². The SMILES string of the molecule is CCC(CC)CNC(=NC)NCc1nnc2n1CCC2.I. The minimum Gasteiger partial charge on any atom is -0.356 e. The number of nitrogens with one attached hydrogen (secondary N) is 2. The van der Waals surface area contributed by atoms with Crippen LogP contribution in [0.4, 0.5) is 0 Å². The van der Waals surface area contributed by atoms with E-state index < -0.39 is 0 Å². The van der Waals surface area contributed by atoms with Gasteiger partial charge in [0.25, 0.3) is 0 Å². The molecular weight excluding hydrogens is 379 g/mol. The zero-order valence-corrected chi connectivity index (χ0v) is 15.6. The van der Waals surface area contributed by atoms with E-state index in [1.54, 1.807) is 7.05 Å². The Morgan fingerprint density at radius 1 is 1.29 bits per heavy atom. The minimum absolute atomic E-state index is 0. The zero-order chi connectivity index (χ0) is 14.4. The van der Waals surface area contributed by atoms with Crippen LogP contribution in [0.15, 0.2) is 4.99 Å². The maximum absolute atomic E-state index is 4.26. The molecule has 0 amide bonds. The molecule has 0 atom stereocenters. The van der Waals surface area contributed by atoms with E-state index in [1.807, 2.05) is 0 Å². The van der Waals surface area contributed by atoms with E-state index in [4.69, 9.17) is 0 Å². The third-order valence-corrected chi connectivity index (χ3v) is 4.04. The Bertz CT molecular complexity index is 452. The Hall–Kier alpha value is -0.860. The molecule has 21 heavy (non-hydrogen) atoms. The summed E-state index contributed by atoms with van der Waals surface area (Å²) >= 11 is 0. The highest BCUT2D eigenvalue weighted by Crippen LogP contribution is 2.13. The van der Waals surface area contributed by atoms with Gasteiger partial charge in [0.1, 0.15) is 5.82 Å². The molecule has 7 heteroatoms. The lowest BCUT2D eigenvalue weighted by atomic mass is 10.0. The largest absolute Gasteiger partial charge is 0.356 e. The second-order valence-electron chi connectivity index (χ2n) is 5.28. The molecule has 0 bridgehead atoms. The molecular formula is C14H27IN6. The van der Waals surface area contributed by atoms with Crippen molar-refractivity contribution in [1.82, 2.24) is 25.4 Å². The second kappa shape index (κ2) is 9.22. The first-order chi connectivity index (χ1) is 9.78. The number of guanidine groups is 1. The van der Waals surface area contributed by atoms with E-state index in [2.05, 4.69) is 44.2 Å². The predicted molar refractivity (Wildman–Crippen MR) is 96.0 cm³/mol. The summed E-state index contributed by atoms with van der Waals surface area (Å²) in [4.78, 5) is 4.26. The molecule has 0 spiro atoms. The third-order valence-electron chi connectivity index (χ3n) is 4.04. The zero-order valence-electron chi connectivity index (χ0n) is 13.2. The van der Waals surface area contributed by atoms with E-state index >= 15 is 0 Å². The van der Waals surface area contributed by atoms with Crippen LogP contribution >= 0.6 is 24.0 Å². The van der Waals surface area contributed by atoms with Gasteiger partial charge in [-0.2, -0.15) is 0 Å². The predicted octanol–water partition coefficient (Wildman–Crippen LogP) is 1.94. The normalized spacial score (nSPS) is 14.0. The number of aliphatic imine (C=N–C) groups is 1. The molecule has 2 heterocycles. The summed E-state index contributed by atoms with van der Waals surface area (Å²) in [5.74, 6) is 3.66. The number of fused-ring (bicyclic) bond motifs is 1. The fourth-order valence-electron chi connectivity index (χ4n) is 2.54. The molecule has 1 aliphatic heterocycles. The standard InChI is InChI=1S/C14H26N6.HI/c1-4-11(5-2)9-16-14(15-3)17-10-13-19-18-12-7-6-8-20(12)13;/h11H,4-10H2,1-3H3,(H2,15,16,17);1H. The molecule has 1 aromatic rings. The van der Waals surface area contributed by atoms with Crippen LogP contribution in [-0.4, -0.2) is 34.3 Å². The fraction of sp³-hybridized carbons (Fsp3) is 0.786. The number of rotatable bonds is 6. The lowest BCUT2D eigenvalue weighted by Crippen LogP contribution is -2.39. The smallest absolute Gasteiger partial charge is 0.191 e. The van der Waals surface area contributed by atoms with Crippen molar-refractivity contribution in [2.24, 2.45) is 10.9 Å². The van der Waals surface area contributed by atoms with Crippen LogP contribution in [0.25, 0.3) is 0 Å². The molecule has 0 saturated carbocycles. The van der Waals surface area contributed by atoms with Crippen LogP contribution < -0.4 is 10.6 Å². The highest BCUT2D eigenvalue weighted by atomic mass is 127. The topological polar surface area (TPSA) is 67.1 Å². The van der Waals surface area contributed by atoms with Gasteiger partial charge in [-0.1, -0.05) is 26.7 Å². The third kappa shape index (κ3) is 4.82. The lowest BCUT2D eigenvalue weighted by Gasteiger charge is -2.16. The summed E-state index contributed by atoms with van der Waals surface area (Å²) in [5, 5.41) is 15.2. The van der Waals surface area contributed by atoms with Gasteiger partial charge in [-0.3, -0.25) is 4.99 Å². The van der Waals surface area contributed by atoms with Gasteiger partial charge >= 0.3 is 0 Å². The number of aromatic nitrogens is 3. The van der Waals surface area contributed by atoms with Crippen LogP contribution in [0, 0.1) is 5.92 Å². The Balaban J connectivity index is 0.00000220. The van der Waals surface area contributed by atoms with E-state index in [-0.39, 0.29) is 24.0 Å². The maximum Gasteiger partial charge on any atom is 0.191 e. The molecule has 0 saturated heterocycles. The average Bonchev–Trinajstić information content (AvgIpc) is 3.07. The first-order valence-electron chi connectivity index (χ1n) is 7.63. The monoisotopic (exact) mass is 406 g/mol. The van der Waals surface area contributed by atoms with Gasteiger partial charge in [-0.15, -0.1) is 34.2 Å². The van der Waals surface area contributed by atoms with Crippen LogP contribution in [0.1, 0.15) is 44.8 Å². The summed E-state index contributed by atoms with van der Waals surface area (Å²) in [6, 6.07) is 0. The second-order valence-corrected chi connectivity index (χ2v) is 5.28. The molecule has 1 aromatic heterocycles. The van der Waals surface area contributed by atoms with Gasteiger partial charge in [0, 0.05) is 26.6 Å². The average molecular weight is 406 g/mol. The Labute approximate surface area is 144 Å². The summed E-state index contributed by atoms with van der Waals surface area (Å²) < 4.78 is 2.21. The van der Waals surface area contributed by atoms with E-state index in [0.29, 0.717) is 12.5 Å². The number of aryl methyl sites for hydroxylation is 1. The van der Waals surface area contributed by atoms with Gasteiger partial charge in [0.05, 0.1) is 6.54 Å². The summed E-state index contributed by atoms with van der Waals surface area (Å²) in [6.45, 7) is 7.14. The minimum atomic E-state index is 0. The van der Waals surface area contributed by atoms with E-state index in [0.717, 1.165) is 37.1 Å². The molecule has 6 nitrogen and oxygen atoms in total. The van der Waals surface area contributed by atoms with Crippen LogP contribution in [-0.2, 0) is 19.5 Å². The molecule has 0 radical (unpaired) electrons. The first-order valence-corrected chi connectivity index (χ1v) is 7.63. The number of nitrogens with zero attached hydrogens (tertiary/aromatic N) is 4. The van der Waals surface area contributed by atoms with Crippen LogP contribution in [0.2, 0.25) is 0 Å². The molecule has 1 aliphatic rings.